The average Bonchev–Trinajstić information content (AvgIpc) is 3.17. The van der Waals surface area contributed by atoms with Crippen molar-refractivity contribution in [1.29, 1.82) is 0 Å². The molecule has 0 aliphatic carbocycles. The molecule has 4 heterocycles. The zero-order valence-corrected chi connectivity index (χ0v) is 11.3. The summed E-state index contributed by atoms with van der Waals surface area (Å²) < 4.78 is 8.35. The third-order valence-corrected chi connectivity index (χ3v) is 3.19. The second-order valence-corrected chi connectivity index (χ2v) is 4.47. The number of rotatable bonds is 2. The lowest BCUT2D eigenvalue weighted by Crippen LogP contribution is -2.10. The predicted octanol–water partition coefficient (Wildman–Crippen LogP) is 1.00. The number of aryl methyl sites for hydroxylation is 2. The Morgan fingerprint density at radius 2 is 1.29 bits per heavy atom. The minimum absolute atomic E-state index is 0.347. The maximum atomic E-state index is 4.70. The Kier molecular flexibility index (Phi) is 2.34. The van der Waals surface area contributed by atoms with Crippen molar-refractivity contribution < 1.29 is 4.63 Å². The van der Waals surface area contributed by atoms with Crippen LogP contribution in [0.1, 0.15) is 11.6 Å². The highest BCUT2D eigenvalue weighted by atomic mass is 16.6. The Morgan fingerprint density at radius 3 is 1.67 bits per heavy atom. The molecule has 4 aromatic heterocycles. The van der Waals surface area contributed by atoms with Crippen molar-refractivity contribution in [2.75, 3.05) is 0 Å². The molecule has 0 radical (unpaired) electrons. The lowest BCUT2D eigenvalue weighted by molar-refractivity contribution is 0.314. The summed E-state index contributed by atoms with van der Waals surface area (Å²) in [6, 6.07) is 0. The second kappa shape index (κ2) is 4.20. The molecule has 0 aliphatic heterocycles. The zero-order valence-electron chi connectivity index (χ0n) is 11.3. The van der Waals surface area contributed by atoms with E-state index in [4.69, 9.17) is 4.63 Å². The van der Waals surface area contributed by atoms with Gasteiger partial charge in [0.1, 0.15) is 11.6 Å². The van der Waals surface area contributed by atoms with Gasteiger partial charge in [0.15, 0.2) is 11.6 Å². The van der Waals surface area contributed by atoms with E-state index in [1.54, 1.807) is 12.4 Å². The van der Waals surface area contributed by atoms with Crippen LogP contribution in [-0.4, -0.2) is 39.4 Å². The van der Waals surface area contributed by atoms with Crippen LogP contribution in [0.2, 0.25) is 0 Å². The number of fused-ring (bicyclic) bond motifs is 1. The molecule has 21 heavy (non-hydrogen) atoms. The smallest absolute Gasteiger partial charge is 0.245 e. The van der Waals surface area contributed by atoms with Crippen LogP contribution in [-0.2, 0) is 0 Å². The van der Waals surface area contributed by atoms with Gasteiger partial charge in [0.2, 0.25) is 11.3 Å². The summed E-state index contributed by atoms with van der Waals surface area (Å²) in [5, 5.41) is 7.49. The first kappa shape index (κ1) is 11.7. The van der Waals surface area contributed by atoms with E-state index in [2.05, 4.69) is 30.2 Å². The van der Waals surface area contributed by atoms with Crippen LogP contribution in [0, 0.1) is 13.8 Å². The minimum Gasteiger partial charge on any atom is -0.285 e. The van der Waals surface area contributed by atoms with Gasteiger partial charge in [-0.25, -0.2) is 24.6 Å². The molecule has 0 N–H and O–H groups in total. The normalized spacial score (nSPS) is 11.3. The third kappa shape index (κ3) is 1.71. The quantitative estimate of drug-likeness (QED) is 0.540. The molecule has 0 bridgehead atoms. The van der Waals surface area contributed by atoms with Gasteiger partial charge in [0.25, 0.3) is 0 Å². The summed E-state index contributed by atoms with van der Waals surface area (Å²) in [5.74, 6) is 2.77. The maximum absolute atomic E-state index is 4.70. The van der Waals surface area contributed by atoms with Gasteiger partial charge in [-0.05, 0) is 24.2 Å². The average molecular weight is 282 g/mol. The van der Waals surface area contributed by atoms with Gasteiger partial charge in [-0.3, -0.25) is 9.13 Å². The van der Waals surface area contributed by atoms with E-state index in [-0.39, 0.29) is 0 Å². The summed E-state index contributed by atoms with van der Waals surface area (Å²) in [6.07, 6.45) is 7.03. The molecule has 0 saturated heterocycles. The first-order valence-corrected chi connectivity index (χ1v) is 6.25. The fourth-order valence-electron chi connectivity index (χ4n) is 2.15. The van der Waals surface area contributed by atoms with E-state index in [0.29, 0.717) is 22.9 Å². The molecule has 4 rings (SSSR count). The summed E-state index contributed by atoms with van der Waals surface area (Å²) in [6.45, 7) is 3.77. The largest absolute Gasteiger partial charge is 0.285 e. The highest BCUT2D eigenvalue weighted by Crippen LogP contribution is 2.20. The summed E-state index contributed by atoms with van der Waals surface area (Å²) in [5.41, 5.74) is 0.694. The molecule has 104 valence electrons. The molecule has 4 aromatic rings. The van der Waals surface area contributed by atoms with Crippen molar-refractivity contribution in [3.63, 3.8) is 0 Å². The van der Waals surface area contributed by atoms with Crippen molar-refractivity contribution in [3.05, 3.63) is 36.4 Å². The van der Waals surface area contributed by atoms with Gasteiger partial charge in [-0.2, -0.15) is 0 Å². The molecule has 0 saturated carbocycles. The van der Waals surface area contributed by atoms with Crippen LogP contribution in [0.15, 0.2) is 29.4 Å². The number of aromatic nitrogens is 8. The topological polar surface area (TPSA) is 100 Å². The molecule has 9 nitrogen and oxygen atoms in total. The molecule has 0 atom stereocenters. The number of hydrogen-bond acceptors (Lipinski definition) is 7. The molecule has 0 spiro atoms. The number of nitrogens with zero attached hydrogens (tertiary/aromatic N) is 8. The summed E-state index contributed by atoms with van der Waals surface area (Å²) in [4.78, 5) is 17.4. The van der Waals surface area contributed by atoms with Crippen molar-refractivity contribution in [1.82, 2.24) is 39.4 Å². The zero-order chi connectivity index (χ0) is 14.4. The molecule has 9 heteroatoms. The minimum atomic E-state index is 0.347. The van der Waals surface area contributed by atoms with E-state index in [0.717, 1.165) is 11.6 Å². The second-order valence-electron chi connectivity index (χ2n) is 4.47. The van der Waals surface area contributed by atoms with Gasteiger partial charge in [0.05, 0.1) is 0 Å². The van der Waals surface area contributed by atoms with E-state index in [1.165, 1.54) is 0 Å². The highest BCUT2D eigenvalue weighted by molar-refractivity contribution is 5.67. The van der Waals surface area contributed by atoms with Gasteiger partial charge in [-0.15, -0.1) is 0 Å². The first-order valence-electron chi connectivity index (χ1n) is 6.25. The molecule has 0 fully saturated rings. The Labute approximate surface area is 118 Å². The van der Waals surface area contributed by atoms with Gasteiger partial charge in [0, 0.05) is 24.8 Å². The van der Waals surface area contributed by atoms with Crippen LogP contribution in [0.25, 0.3) is 22.9 Å². The highest BCUT2D eigenvalue weighted by Gasteiger charge is 2.17. The SMILES string of the molecule is Cc1nccn1-c1nc2nonc2nc1-n1ccnc1C. The Bertz CT molecular complexity index is 859. The fraction of sp³-hybridized carbons (Fsp3) is 0.167. The van der Waals surface area contributed by atoms with Crippen LogP contribution >= 0.6 is 0 Å². The van der Waals surface area contributed by atoms with Crippen molar-refractivity contribution in [2.24, 2.45) is 0 Å². The molecular formula is C12H10N8O. The monoisotopic (exact) mass is 282 g/mol. The van der Waals surface area contributed by atoms with Crippen LogP contribution in [0.4, 0.5) is 0 Å². The Balaban J connectivity index is 2.08. The molecule has 0 unspecified atom stereocenters. The van der Waals surface area contributed by atoms with Crippen molar-refractivity contribution in [2.45, 2.75) is 13.8 Å². The van der Waals surface area contributed by atoms with Crippen molar-refractivity contribution in [3.8, 4) is 11.6 Å². The van der Waals surface area contributed by atoms with Gasteiger partial charge < -0.3 is 0 Å². The Morgan fingerprint density at radius 1 is 0.810 bits per heavy atom. The number of hydrogen-bond donors (Lipinski definition) is 0. The lowest BCUT2D eigenvalue weighted by atomic mass is 10.5. The Hall–Kier alpha value is -3.10. The van der Waals surface area contributed by atoms with Gasteiger partial charge in [-0.1, -0.05) is 0 Å². The summed E-state index contributed by atoms with van der Waals surface area (Å²) in [7, 11) is 0. The van der Waals surface area contributed by atoms with E-state index >= 15 is 0 Å². The summed E-state index contributed by atoms with van der Waals surface area (Å²) >= 11 is 0. The molecule has 0 amide bonds. The standard InChI is InChI=1S/C12H10N8O/c1-7-13-3-5-19(7)11-12(20-6-4-14-8(20)2)16-10-9(15-11)17-21-18-10/h3-6H,1-2H3. The predicted molar refractivity (Wildman–Crippen MR) is 71.1 cm³/mol. The first-order chi connectivity index (χ1) is 10.2. The van der Waals surface area contributed by atoms with E-state index < -0.39 is 0 Å². The molecule has 0 aromatic carbocycles. The van der Waals surface area contributed by atoms with Gasteiger partial charge >= 0.3 is 0 Å². The van der Waals surface area contributed by atoms with E-state index in [9.17, 15) is 0 Å². The van der Waals surface area contributed by atoms with E-state index in [1.807, 2.05) is 35.4 Å². The van der Waals surface area contributed by atoms with Crippen LogP contribution in [0.5, 0.6) is 0 Å². The van der Waals surface area contributed by atoms with Crippen LogP contribution < -0.4 is 0 Å². The van der Waals surface area contributed by atoms with Crippen LogP contribution in [0.3, 0.4) is 0 Å². The maximum Gasteiger partial charge on any atom is 0.245 e. The van der Waals surface area contributed by atoms with Crippen molar-refractivity contribution >= 4 is 11.3 Å². The molecular weight excluding hydrogens is 272 g/mol. The molecule has 0 aliphatic rings. The number of imidazole rings is 2. The fourth-order valence-corrected chi connectivity index (χ4v) is 2.15. The third-order valence-electron chi connectivity index (χ3n) is 3.19. The lowest BCUT2D eigenvalue weighted by Gasteiger charge is -2.10.